The van der Waals surface area contributed by atoms with Gasteiger partial charge in [-0.3, -0.25) is 9.59 Å². The van der Waals surface area contributed by atoms with Crippen molar-refractivity contribution in [2.24, 2.45) is 5.92 Å². The van der Waals surface area contributed by atoms with Crippen LogP contribution in [0.25, 0.3) is 0 Å². The SMILES string of the molecule is O=C1c2ccccc2C(=O)N1OC(=O)C12CCC(CO1)C2. The first kappa shape index (κ1) is 12.5. The van der Waals surface area contributed by atoms with Crippen molar-refractivity contribution in [1.82, 2.24) is 5.06 Å². The summed E-state index contributed by atoms with van der Waals surface area (Å²) in [6.45, 7) is 0.539. The van der Waals surface area contributed by atoms with Gasteiger partial charge in [0.25, 0.3) is 11.8 Å². The number of carbonyl (C=O) groups excluding carboxylic acids is 3. The minimum atomic E-state index is -0.972. The summed E-state index contributed by atoms with van der Waals surface area (Å²) in [5.41, 5.74) is -0.464. The zero-order valence-electron chi connectivity index (χ0n) is 11.2. The third-order valence-electron chi connectivity index (χ3n) is 4.47. The van der Waals surface area contributed by atoms with Crippen LogP contribution in [0, 0.1) is 5.92 Å². The molecule has 4 rings (SSSR count). The quantitative estimate of drug-likeness (QED) is 0.767. The zero-order chi connectivity index (χ0) is 14.6. The monoisotopic (exact) mass is 287 g/mol. The highest BCUT2D eigenvalue weighted by atomic mass is 16.7. The van der Waals surface area contributed by atoms with E-state index in [9.17, 15) is 14.4 Å². The van der Waals surface area contributed by atoms with Gasteiger partial charge in [0.2, 0.25) is 0 Å². The van der Waals surface area contributed by atoms with Crippen molar-refractivity contribution in [3.05, 3.63) is 35.4 Å². The minimum Gasteiger partial charge on any atom is -0.363 e. The third-order valence-corrected chi connectivity index (χ3v) is 4.47. The van der Waals surface area contributed by atoms with Crippen molar-refractivity contribution in [1.29, 1.82) is 0 Å². The molecule has 2 heterocycles. The maximum absolute atomic E-state index is 12.3. The molecule has 6 heteroatoms. The molecule has 2 amide bonds. The maximum atomic E-state index is 12.3. The smallest absolute Gasteiger partial charge is 0.363 e. The number of imide groups is 1. The van der Waals surface area contributed by atoms with E-state index in [0.29, 0.717) is 30.4 Å². The number of rotatable bonds is 2. The number of hydrogen-bond donors (Lipinski definition) is 0. The first-order valence-electron chi connectivity index (χ1n) is 6.95. The average molecular weight is 287 g/mol. The Hall–Kier alpha value is -2.21. The highest BCUT2D eigenvalue weighted by Gasteiger charge is 2.54. The summed E-state index contributed by atoms with van der Waals surface area (Å²) in [6.07, 6.45) is 2.10. The van der Waals surface area contributed by atoms with Crippen LogP contribution in [-0.2, 0) is 14.4 Å². The fourth-order valence-corrected chi connectivity index (χ4v) is 3.32. The lowest BCUT2D eigenvalue weighted by molar-refractivity contribution is -0.192. The number of hydrogen-bond acceptors (Lipinski definition) is 5. The van der Waals surface area contributed by atoms with Crippen LogP contribution in [-0.4, -0.2) is 35.1 Å². The minimum absolute atomic E-state index is 0.254. The normalized spacial score (nSPS) is 29.9. The molecule has 0 aromatic heterocycles. The standard InChI is InChI=1S/C15H13NO5/c17-12-10-3-1-2-4-11(10)13(18)16(12)21-14(19)15-6-5-9(7-15)8-20-15/h1-4,9H,5-8H2. The van der Waals surface area contributed by atoms with Gasteiger partial charge in [-0.25, -0.2) is 4.79 Å². The number of benzene rings is 1. The lowest BCUT2D eigenvalue weighted by Gasteiger charge is -2.25. The molecule has 1 aromatic rings. The lowest BCUT2D eigenvalue weighted by atomic mass is 10.0. The second-order valence-corrected chi connectivity index (χ2v) is 5.74. The molecule has 1 aromatic carbocycles. The number of amides is 2. The molecule has 2 bridgehead atoms. The van der Waals surface area contributed by atoms with Crippen LogP contribution in [0.15, 0.2) is 24.3 Å². The van der Waals surface area contributed by atoms with Crippen LogP contribution < -0.4 is 0 Å². The van der Waals surface area contributed by atoms with E-state index in [1.165, 1.54) is 0 Å². The molecule has 2 unspecified atom stereocenters. The second-order valence-electron chi connectivity index (χ2n) is 5.74. The van der Waals surface area contributed by atoms with Crippen molar-refractivity contribution in [2.75, 3.05) is 6.61 Å². The van der Waals surface area contributed by atoms with Crippen LogP contribution in [0.1, 0.15) is 40.0 Å². The van der Waals surface area contributed by atoms with E-state index in [-0.39, 0.29) is 11.1 Å². The number of carbonyl (C=O) groups is 3. The molecule has 2 fully saturated rings. The number of fused-ring (bicyclic) bond motifs is 3. The highest BCUT2D eigenvalue weighted by molar-refractivity contribution is 6.21. The molecule has 1 saturated carbocycles. The first-order chi connectivity index (χ1) is 10.1. The molecular formula is C15H13NO5. The topological polar surface area (TPSA) is 72.9 Å². The van der Waals surface area contributed by atoms with Gasteiger partial charge in [0, 0.05) is 0 Å². The van der Waals surface area contributed by atoms with E-state index in [4.69, 9.17) is 9.57 Å². The van der Waals surface area contributed by atoms with Crippen LogP contribution in [0.2, 0.25) is 0 Å². The largest absolute Gasteiger partial charge is 0.364 e. The zero-order valence-corrected chi connectivity index (χ0v) is 11.2. The second kappa shape index (κ2) is 4.14. The number of ether oxygens (including phenoxy) is 1. The summed E-state index contributed by atoms with van der Waals surface area (Å²) in [5.74, 6) is -1.47. The van der Waals surface area contributed by atoms with Crippen molar-refractivity contribution >= 4 is 17.8 Å². The fraction of sp³-hybridized carbons (Fsp3) is 0.400. The van der Waals surface area contributed by atoms with E-state index in [2.05, 4.69) is 0 Å². The molecule has 1 saturated heterocycles. The predicted octanol–water partition coefficient (Wildman–Crippen LogP) is 1.31. The summed E-state index contributed by atoms with van der Waals surface area (Å²) in [7, 11) is 0. The van der Waals surface area contributed by atoms with Gasteiger partial charge < -0.3 is 9.57 Å². The summed E-state index contributed by atoms with van der Waals surface area (Å²) in [6, 6.07) is 6.41. The van der Waals surface area contributed by atoms with E-state index in [0.717, 1.165) is 6.42 Å². The molecular weight excluding hydrogens is 274 g/mol. The van der Waals surface area contributed by atoms with Gasteiger partial charge in [0.05, 0.1) is 17.7 Å². The molecule has 3 aliphatic rings. The molecule has 2 aliphatic heterocycles. The fourth-order valence-electron chi connectivity index (χ4n) is 3.32. The van der Waals surface area contributed by atoms with Crippen LogP contribution >= 0.6 is 0 Å². The van der Waals surface area contributed by atoms with Crippen molar-refractivity contribution in [2.45, 2.75) is 24.9 Å². The summed E-state index contributed by atoms with van der Waals surface area (Å²) in [5, 5.41) is 0.552. The van der Waals surface area contributed by atoms with Crippen LogP contribution in [0.3, 0.4) is 0 Å². The first-order valence-corrected chi connectivity index (χ1v) is 6.95. The van der Waals surface area contributed by atoms with Gasteiger partial charge in [0.1, 0.15) is 0 Å². The maximum Gasteiger partial charge on any atom is 0.364 e. The van der Waals surface area contributed by atoms with E-state index >= 15 is 0 Å². The van der Waals surface area contributed by atoms with Gasteiger partial charge in [0.15, 0.2) is 5.60 Å². The Labute approximate surface area is 120 Å². The molecule has 108 valence electrons. The van der Waals surface area contributed by atoms with Crippen molar-refractivity contribution in [3.8, 4) is 0 Å². The third kappa shape index (κ3) is 1.65. The Kier molecular flexibility index (Phi) is 2.47. The molecule has 0 spiro atoms. The predicted molar refractivity (Wildman–Crippen MR) is 69.1 cm³/mol. The molecule has 6 nitrogen and oxygen atoms in total. The number of nitrogens with zero attached hydrogens (tertiary/aromatic N) is 1. The van der Waals surface area contributed by atoms with Crippen molar-refractivity contribution in [3.63, 3.8) is 0 Å². The highest BCUT2D eigenvalue weighted by Crippen LogP contribution is 2.45. The van der Waals surface area contributed by atoms with Gasteiger partial charge in [-0.1, -0.05) is 17.2 Å². The van der Waals surface area contributed by atoms with Crippen LogP contribution in [0.4, 0.5) is 0 Å². The Morgan fingerprint density at radius 3 is 2.38 bits per heavy atom. The van der Waals surface area contributed by atoms with E-state index in [1.54, 1.807) is 24.3 Å². The van der Waals surface area contributed by atoms with Gasteiger partial charge in [-0.2, -0.15) is 0 Å². The summed E-state index contributed by atoms with van der Waals surface area (Å²) >= 11 is 0. The van der Waals surface area contributed by atoms with E-state index in [1.807, 2.05) is 0 Å². The average Bonchev–Trinajstić information content (AvgIpc) is 3.18. The molecule has 1 aliphatic carbocycles. The van der Waals surface area contributed by atoms with Crippen molar-refractivity contribution < 1.29 is 24.0 Å². The Morgan fingerprint density at radius 1 is 1.24 bits per heavy atom. The summed E-state index contributed by atoms with van der Waals surface area (Å²) in [4.78, 5) is 41.7. The molecule has 21 heavy (non-hydrogen) atoms. The van der Waals surface area contributed by atoms with Gasteiger partial charge in [-0.05, 0) is 37.3 Å². The lowest BCUT2D eigenvalue weighted by Crippen LogP contribution is -2.44. The van der Waals surface area contributed by atoms with Crippen LogP contribution in [0.5, 0.6) is 0 Å². The Bertz CT molecular complexity index is 625. The van der Waals surface area contributed by atoms with Gasteiger partial charge in [-0.15, -0.1) is 0 Å². The Balaban J connectivity index is 1.58. The Morgan fingerprint density at radius 2 is 1.90 bits per heavy atom. The molecule has 0 radical (unpaired) electrons. The number of hydroxylamine groups is 2. The molecule has 2 atom stereocenters. The van der Waals surface area contributed by atoms with E-state index < -0.39 is 23.4 Å². The van der Waals surface area contributed by atoms with Gasteiger partial charge >= 0.3 is 5.97 Å². The summed E-state index contributed by atoms with van der Waals surface area (Å²) < 4.78 is 5.54. The molecule has 0 N–H and O–H groups in total.